The maximum absolute atomic E-state index is 13.9. The Morgan fingerprint density at radius 2 is 1.66 bits per heavy atom. The molecule has 0 saturated heterocycles. The summed E-state index contributed by atoms with van der Waals surface area (Å²) in [6.07, 6.45) is -2.75. The Bertz CT molecular complexity index is 1240. The zero-order chi connectivity index (χ0) is 22.9. The summed E-state index contributed by atoms with van der Waals surface area (Å²) >= 11 is 3.40. The Labute approximate surface area is 186 Å². The molecule has 164 valence electrons. The fourth-order valence-electron chi connectivity index (χ4n) is 2.78. The van der Waals surface area contributed by atoms with Crippen LogP contribution in [0.15, 0.2) is 59.5 Å². The number of alkyl halides is 3. The van der Waals surface area contributed by atoms with E-state index in [0.29, 0.717) is 39.7 Å². The van der Waals surface area contributed by atoms with Crippen molar-refractivity contribution in [1.82, 2.24) is 19.9 Å². The van der Waals surface area contributed by atoms with Crippen LogP contribution in [-0.2, 0) is 12.8 Å². The molecule has 0 fully saturated rings. The molecule has 4 rings (SSSR count). The number of hydrogen-bond acceptors (Lipinski definition) is 4. The van der Waals surface area contributed by atoms with E-state index in [1.807, 2.05) is 0 Å². The lowest BCUT2D eigenvalue weighted by Gasteiger charge is -2.10. The van der Waals surface area contributed by atoms with Gasteiger partial charge in [-0.2, -0.15) is 17.6 Å². The van der Waals surface area contributed by atoms with Gasteiger partial charge in [-0.25, -0.2) is 14.4 Å². The Balaban J connectivity index is 1.47. The zero-order valence-electron chi connectivity index (χ0n) is 15.9. The zero-order valence-corrected chi connectivity index (χ0v) is 17.5. The van der Waals surface area contributed by atoms with E-state index < -0.39 is 23.5 Å². The lowest BCUT2D eigenvalue weighted by Crippen LogP contribution is -2.09. The summed E-state index contributed by atoms with van der Waals surface area (Å²) in [4.78, 5) is 14.6. The Morgan fingerprint density at radius 3 is 2.28 bits per heavy atom. The molecule has 0 radical (unpaired) electrons. The molecular weight excluding hydrogens is 499 g/mol. The molecule has 32 heavy (non-hydrogen) atoms. The number of nitrogens with zero attached hydrogens (tertiary/aromatic N) is 3. The first kappa shape index (κ1) is 21.9. The minimum Gasteiger partial charge on any atom is -0.487 e. The molecule has 3 heterocycles. The van der Waals surface area contributed by atoms with Gasteiger partial charge < -0.3 is 9.72 Å². The smallest absolute Gasteiger partial charge is 0.417 e. The highest BCUT2D eigenvalue weighted by molar-refractivity contribution is 9.10. The summed E-state index contributed by atoms with van der Waals surface area (Å²) < 4.78 is 70.8. The SMILES string of the molecule is Fc1ccc(-c2nc(-c3ccc(OCc4ncc(C(F)(F)F)cc4F)cc3)c(Br)[nH]2)cn1. The molecule has 0 aliphatic rings. The lowest BCUT2D eigenvalue weighted by atomic mass is 10.1. The van der Waals surface area contributed by atoms with E-state index in [1.54, 1.807) is 30.3 Å². The minimum absolute atomic E-state index is 0.241. The van der Waals surface area contributed by atoms with E-state index in [0.717, 1.165) is 5.56 Å². The van der Waals surface area contributed by atoms with Gasteiger partial charge in [0, 0.05) is 23.5 Å². The Hall–Kier alpha value is -3.34. The monoisotopic (exact) mass is 510 g/mol. The lowest BCUT2D eigenvalue weighted by molar-refractivity contribution is -0.138. The standard InChI is InChI=1S/C21H12BrF5N4O/c22-19-18(30-20(31-19)12-3-6-17(24)29-8-12)11-1-4-14(5-2-11)32-10-16-15(23)7-13(9-28-16)21(25,26)27/h1-9H,10H2,(H,30,31). The van der Waals surface area contributed by atoms with Crippen LogP contribution < -0.4 is 4.74 Å². The molecule has 0 amide bonds. The van der Waals surface area contributed by atoms with Crippen LogP contribution in [0.1, 0.15) is 11.3 Å². The van der Waals surface area contributed by atoms with Crippen LogP contribution in [0.4, 0.5) is 22.0 Å². The van der Waals surface area contributed by atoms with Gasteiger partial charge in [0.05, 0.1) is 5.56 Å². The predicted molar refractivity (Wildman–Crippen MR) is 108 cm³/mol. The van der Waals surface area contributed by atoms with Gasteiger partial charge in [0.2, 0.25) is 5.95 Å². The first-order valence-corrected chi connectivity index (χ1v) is 9.82. The molecule has 11 heteroatoms. The number of aromatic amines is 1. The molecule has 1 N–H and O–H groups in total. The highest BCUT2D eigenvalue weighted by atomic mass is 79.9. The van der Waals surface area contributed by atoms with E-state index in [9.17, 15) is 22.0 Å². The quantitative estimate of drug-likeness (QED) is 0.257. The molecule has 0 atom stereocenters. The maximum Gasteiger partial charge on any atom is 0.417 e. The largest absolute Gasteiger partial charge is 0.487 e. The van der Waals surface area contributed by atoms with Crippen LogP contribution >= 0.6 is 15.9 Å². The van der Waals surface area contributed by atoms with Gasteiger partial charge in [-0.05, 0) is 58.4 Å². The number of benzene rings is 1. The summed E-state index contributed by atoms with van der Waals surface area (Å²) in [6.45, 7) is -0.336. The summed E-state index contributed by atoms with van der Waals surface area (Å²) in [7, 11) is 0. The number of H-pyrrole nitrogens is 1. The van der Waals surface area contributed by atoms with Crippen LogP contribution in [0, 0.1) is 11.8 Å². The van der Waals surface area contributed by atoms with E-state index >= 15 is 0 Å². The predicted octanol–water partition coefficient (Wildman–Crippen LogP) is 6.17. The number of pyridine rings is 2. The van der Waals surface area contributed by atoms with E-state index in [4.69, 9.17) is 4.74 Å². The van der Waals surface area contributed by atoms with Crippen molar-refractivity contribution in [3.63, 3.8) is 0 Å². The summed E-state index contributed by atoms with van der Waals surface area (Å²) in [5.41, 5.74) is 0.509. The fourth-order valence-corrected chi connectivity index (χ4v) is 3.29. The van der Waals surface area contributed by atoms with Crippen molar-refractivity contribution in [2.24, 2.45) is 0 Å². The molecular formula is C21H12BrF5N4O. The second-order valence-electron chi connectivity index (χ2n) is 6.58. The van der Waals surface area contributed by atoms with Crippen LogP contribution in [0.5, 0.6) is 5.75 Å². The topological polar surface area (TPSA) is 63.7 Å². The molecule has 3 aromatic heterocycles. The molecule has 4 aromatic rings. The summed E-state index contributed by atoms with van der Waals surface area (Å²) in [5.74, 6) is -0.839. The van der Waals surface area contributed by atoms with Gasteiger partial charge in [0.25, 0.3) is 0 Å². The Morgan fingerprint density at radius 1 is 0.938 bits per heavy atom. The third-order valence-electron chi connectivity index (χ3n) is 4.41. The van der Waals surface area contributed by atoms with Crippen LogP contribution in [0.2, 0.25) is 0 Å². The van der Waals surface area contributed by atoms with Gasteiger partial charge in [0.1, 0.15) is 40.0 Å². The van der Waals surface area contributed by atoms with Crippen molar-refractivity contribution in [3.05, 3.63) is 82.5 Å². The number of halogens is 6. The second kappa shape index (κ2) is 8.65. The second-order valence-corrected chi connectivity index (χ2v) is 7.37. The normalized spacial score (nSPS) is 11.6. The molecule has 0 unspecified atom stereocenters. The molecule has 5 nitrogen and oxygen atoms in total. The van der Waals surface area contributed by atoms with Crippen LogP contribution in [-0.4, -0.2) is 19.9 Å². The van der Waals surface area contributed by atoms with Crippen LogP contribution in [0.3, 0.4) is 0 Å². The van der Waals surface area contributed by atoms with E-state index in [1.165, 1.54) is 12.3 Å². The van der Waals surface area contributed by atoms with Gasteiger partial charge >= 0.3 is 6.18 Å². The number of ether oxygens (including phenoxy) is 1. The molecule has 0 bridgehead atoms. The van der Waals surface area contributed by atoms with Gasteiger partial charge in [-0.1, -0.05) is 0 Å². The average Bonchev–Trinajstić information content (AvgIpc) is 3.14. The van der Waals surface area contributed by atoms with Gasteiger partial charge in [-0.15, -0.1) is 0 Å². The van der Waals surface area contributed by atoms with Crippen molar-refractivity contribution in [3.8, 4) is 28.4 Å². The number of hydrogen-bond donors (Lipinski definition) is 1. The number of aromatic nitrogens is 4. The average molecular weight is 511 g/mol. The minimum atomic E-state index is -4.67. The molecule has 0 aliphatic carbocycles. The number of imidazole rings is 1. The van der Waals surface area contributed by atoms with E-state index in [2.05, 4.69) is 35.9 Å². The highest BCUT2D eigenvalue weighted by Gasteiger charge is 2.31. The summed E-state index contributed by atoms with van der Waals surface area (Å²) in [6, 6.07) is 9.79. The third-order valence-corrected chi connectivity index (χ3v) is 4.98. The van der Waals surface area contributed by atoms with Crippen molar-refractivity contribution in [2.75, 3.05) is 0 Å². The Kier molecular flexibility index (Phi) is 5.92. The van der Waals surface area contributed by atoms with E-state index in [-0.39, 0.29) is 12.3 Å². The van der Waals surface area contributed by atoms with Crippen molar-refractivity contribution < 1.29 is 26.7 Å². The fraction of sp³-hybridized carbons (Fsp3) is 0.0952. The van der Waals surface area contributed by atoms with Crippen molar-refractivity contribution in [1.29, 1.82) is 0 Å². The highest BCUT2D eigenvalue weighted by Crippen LogP contribution is 2.31. The van der Waals surface area contributed by atoms with Gasteiger partial charge in [0.15, 0.2) is 0 Å². The molecule has 0 spiro atoms. The first-order chi connectivity index (χ1) is 15.2. The van der Waals surface area contributed by atoms with Crippen molar-refractivity contribution >= 4 is 15.9 Å². The molecule has 0 saturated carbocycles. The number of rotatable bonds is 5. The first-order valence-electron chi connectivity index (χ1n) is 9.03. The third kappa shape index (κ3) is 4.77. The van der Waals surface area contributed by atoms with Gasteiger partial charge in [-0.3, -0.25) is 4.98 Å². The molecule has 1 aromatic carbocycles. The number of nitrogens with one attached hydrogen (secondary N) is 1. The molecule has 0 aliphatic heterocycles. The van der Waals surface area contributed by atoms with Crippen molar-refractivity contribution in [2.45, 2.75) is 12.8 Å². The van der Waals surface area contributed by atoms with Crippen LogP contribution in [0.25, 0.3) is 22.6 Å². The summed E-state index contributed by atoms with van der Waals surface area (Å²) in [5, 5.41) is 0. The maximum atomic E-state index is 13.9.